The van der Waals surface area contributed by atoms with Crippen molar-refractivity contribution in [2.75, 3.05) is 40.0 Å². The van der Waals surface area contributed by atoms with Gasteiger partial charge < -0.3 is 14.9 Å². The SMILES string of the molecule is CN(C)C1CCN(CC(O)c2ccc(S(C)(=O)=O)cc2)CC1. The molecule has 2 rings (SSSR count). The van der Waals surface area contributed by atoms with Crippen LogP contribution in [-0.2, 0) is 9.84 Å². The minimum atomic E-state index is -3.18. The standard InChI is InChI=1S/C16H26N2O3S/c1-17(2)14-8-10-18(11-9-14)12-16(19)13-4-6-15(7-5-13)22(3,20)21/h4-7,14,16,19H,8-12H2,1-3H3. The molecule has 1 N–H and O–H groups in total. The van der Waals surface area contributed by atoms with Crippen LogP contribution in [0.15, 0.2) is 29.2 Å². The molecule has 124 valence electrons. The number of aliphatic hydroxyl groups is 1. The van der Waals surface area contributed by atoms with Gasteiger partial charge in [-0.1, -0.05) is 12.1 Å². The lowest BCUT2D eigenvalue weighted by molar-refractivity contribution is 0.0798. The Hall–Kier alpha value is -0.950. The number of rotatable bonds is 5. The molecule has 0 spiro atoms. The fraction of sp³-hybridized carbons (Fsp3) is 0.625. The zero-order valence-electron chi connectivity index (χ0n) is 13.6. The van der Waals surface area contributed by atoms with Crippen LogP contribution in [0.5, 0.6) is 0 Å². The molecule has 0 aromatic heterocycles. The van der Waals surface area contributed by atoms with E-state index in [1.54, 1.807) is 24.3 Å². The van der Waals surface area contributed by atoms with Crippen molar-refractivity contribution in [3.63, 3.8) is 0 Å². The molecule has 0 bridgehead atoms. The molecule has 5 nitrogen and oxygen atoms in total. The summed E-state index contributed by atoms with van der Waals surface area (Å²) in [5.41, 5.74) is 0.766. The van der Waals surface area contributed by atoms with Gasteiger partial charge in [-0.15, -0.1) is 0 Å². The Bertz CT molecular complexity index is 576. The van der Waals surface area contributed by atoms with Gasteiger partial charge in [-0.3, -0.25) is 0 Å². The molecular weight excluding hydrogens is 300 g/mol. The zero-order chi connectivity index (χ0) is 16.3. The van der Waals surface area contributed by atoms with Gasteiger partial charge >= 0.3 is 0 Å². The first kappa shape index (κ1) is 17.4. The van der Waals surface area contributed by atoms with Gasteiger partial charge in [0.1, 0.15) is 0 Å². The van der Waals surface area contributed by atoms with Crippen LogP contribution in [0.3, 0.4) is 0 Å². The van der Waals surface area contributed by atoms with Crippen molar-refractivity contribution in [2.45, 2.75) is 29.9 Å². The highest BCUT2D eigenvalue weighted by Gasteiger charge is 2.22. The van der Waals surface area contributed by atoms with Crippen molar-refractivity contribution in [3.8, 4) is 0 Å². The van der Waals surface area contributed by atoms with E-state index in [-0.39, 0.29) is 4.90 Å². The number of benzene rings is 1. The molecule has 1 heterocycles. The summed E-state index contributed by atoms with van der Waals surface area (Å²) in [6.07, 6.45) is 2.84. The van der Waals surface area contributed by atoms with E-state index < -0.39 is 15.9 Å². The van der Waals surface area contributed by atoms with Gasteiger partial charge in [-0.2, -0.15) is 0 Å². The summed E-state index contributed by atoms with van der Waals surface area (Å²) < 4.78 is 22.9. The molecule has 1 saturated heterocycles. The third-order valence-electron chi connectivity index (χ3n) is 4.41. The molecule has 1 atom stereocenters. The summed E-state index contributed by atoms with van der Waals surface area (Å²) in [7, 11) is 1.04. The first-order valence-electron chi connectivity index (χ1n) is 7.64. The minimum absolute atomic E-state index is 0.287. The van der Waals surface area contributed by atoms with E-state index in [0.29, 0.717) is 12.6 Å². The maximum absolute atomic E-state index is 11.4. The van der Waals surface area contributed by atoms with E-state index in [0.717, 1.165) is 31.5 Å². The van der Waals surface area contributed by atoms with Gasteiger partial charge in [0.05, 0.1) is 11.0 Å². The van der Waals surface area contributed by atoms with E-state index in [1.807, 2.05) is 0 Å². The van der Waals surface area contributed by atoms with Crippen LogP contribution in [0.1, 0.15) is 24.5 Å². The molecule has 1 aliphatic rings. The van der Waals surface area contributed by atoms with Crippen molar-refractivity contribution < 1.29 is 13.5 Å². The highest BCUT2D eigenvalue weighted by molar-refractivity contribution is 7.90. The maximum atomic E-state index is 11.4. The molecule has 0 amide bonds. The first-order valence-corrected chi connectivity index (χ1v) is 9.53. The lowest BCUT2D eigenvalue weighted by Crippen LogP contribution is -2.43. The molecule has 0 saturated carbocycles. The van der Waals surface area contributed by atoms with E-state index in [9.17, 15) is 13.5 Å². The Morgan fingerprint density at radius 2 is 1.77 bits per heavy atom. The fourth-order valence-electron chi connectivity index (χ4n) is 2.91. The topological polar surface area (TPSA) is 60.9 Å². The van der Waals surface area contributed by atoms with Gasteiger partial charge in [0.15, 0.2) is 9.84 Å². The van der Waals surface area contributed by atoms with Crippen molar-refractivity contribution in [2.24, 2.45) is 0 Å². The summed E-state index contributed by atoms with van der Waals surface area (Å²) in [6, 6.07) is 7.15. The predicted octanol–water partition coefficient (Wildman–Crippen LogP) is 1.15. The number of hydrogen-bond donors (Lipinski definition) is 1. The van der Waals surface area contributed by atoms with Crippen LogP contribution in [0.4, 0.5) is 0 Å². The Kier molecular flexibility index (Phi) is 5.60. The van der Waals surface area contributed by atoms with Crippen LogP contribution in [0, 0.1) is 0 Å². The molecule has 1 fully saturated rings. The third kappa shape index (κ3) is 4.52. The lowest BCUT2D eigenvalue weighted by atomic mass is 10.0. The van der Waals surface area contributed by atoms with Gasteiger partial charge in [-0.25, -0.2) is 8.42 Å². The van der Waals surface area contributed by atoms with E-state index >= 15 is 0 Å². The molecule has 1 aromatic rings. The highest BCUT2D eigenvalue weighted by Crippen LogP contribution is 2.20. The number of β-amino-alcohol motifs (C(OH)–C–C–N with tert-alkyl or cyclic N) is 1. The normalized spacial score (nSPS) is 19.5. The zero-order valence-corrected chi connectivity index (χ0v) is 14.4. The Labute approximate surface area is 133 Å². The van der Waals surface area contributed by atoms with Crippen molar-refractivity contribution >= 4 is 9.84 Å². The molecule has 1 aromatic carbocycles. The molecular formula is C16H26N2O3S. The van der Waals surface area contributed by atoms with Crippen LogP contribution in [0.2, 0.25) is 0 Å². The molecule has 1 unspecified atom stereocenters. The molecule has 22 heavy (non-hydrogen) atoms. The summed E-state index contributed by atoms with van der Waals surface area (Å²) in [5.74, 6) is 0. The fourth-order valence-corrected chi connectivity index (χ4v) is 3.54. The minimum Gasteiger partial charge on any atom is -0.387 e. The lowest BCUT2D eigenvalue weighted by Gasteiger charge is -2.36. The number of nitrogens with zero attached hydrogens (tertiary/aromatic N) is 2. The first-order chi connectivity index (χ1) is 10.3. The monoisotopic (exact) mass is 326 g/mol. The van der Waals surface area contributed by atoms with Gasteiger partial charge in [0.2, 0.25) is 0 Å². The van der Waals surface area contributed by atoms with E-state index in [1.165, 1.54) is 6.26 Å². The average Bonchev–Trinajstić information content (AvgIpc) is 2.47. The van der Waals surface area contributed by atoms with Crippen LogP contribution < -0.4 is 0 Å². The molecule has 6 heteroatoms. The Morgan fingerprint density at radius 3 is 2.23 bits per heavy atom. The Morgan fingerprint density at radius 1 is 1.23 bits per heavy atom. The summed E-state index contributed by atoms with van der Waals surface area (Å²) >= 11 is 0. The van der Waals surface area contributed by atoms with Crippen molar-refractivity contribution in [3.05, 3.63) is 29.8 Å². The number of sulfone groups is 1. The number of hydrogen-bond acceptors (Lipinski definition) is 5. The summed E-state index contributed by atoms with van der Waals surface area (Å²) in [5, 5.41) is 10.3. The molecule has 0 radical (unpaired) electrons. The summed E-state index contributed by atoms with van der Waals surface area (Å²) in [6.45, 7) is 2.57. The Balaban J connectivity index is 1.91. The van der Waals surface area contributed by atoms with Gasteiger partial charge in [-0.05, 0) is 57.7 Å². The smallest absolute Gasteiger partial charge is 0.175 e. The highest BCUT2D eigenvalue weighted by atomic mass is 32.2. The largest absolute Gasteiger partial charge is 0.387 e. The predicted molar refractivity (Wildman–Crippen MR) is 87.7 cm³/mol. The number of aliphatic hydroxyl groups excluding tert-OH is 1. The van der Waals surface area contributed by atoms with Crippen LogP contribution in [0.25, 0.3) is 0 Å². The second-order valence-corrected chi connectivity index (χ2v) is 8.37. The number of likely N-dealkylation sites (tertiary alicyclic amines) is 1. The average molecular weight is 326 g/mol. The second-order valence-electron chi connectivity index (χ2n) is 6.35. The van der Waals surface area contributed by atoms with E-state index in [2.05, 4.69) is 23.9 Å². The van der Waals surface area contributed by atoms with Crippen molar-refractivity contribution in [1.29, 1.82) is 0 Å². The van der Waals surface area contributed by atoms with Crippen molar-refractivity contribution in [1.82, 2.24) is 9.80 Å². The van der Waals surface area contributed by atoms with Crippen LogP contribution in [-0.4, -0.2) is 69.4 Å². The molecule has 1 aliphatic heterocycles. The second kappa shape index (κ2) is 7.08. The molecule has 0 aliphatic carbocycles. The van der Waals surface area contributed by atoms with E-state index in [4.69, 9.17) is 0 Å². The number of piperidine rings is 1. The van der Waals surface area contributed by atoms with Crippen LogP contribution >= 0.6 is 0 Å². The third-order valence-corrected chi connectivity index (χ3v) is 5.54. The maximum Gasteiger partial charge on any atom is 0.175 e. The van der Waals surface area contributed by atoms with Gasteiger partial charge in [0, 0.05) is 18.8 Å². The quantitative estimate of drug-likeness (QED) is 0.879. The van der Waals surface area contributed by atoms with Gasteiger partial charge in [0.25, 0.3) is 0 Å². The summed E-state index contributed by atoms with van der Waals surface area (Å²) in [4.78, 5) is 4.82.